The number of primary amides is 1. The molecule has 24 heavy (non-hydrogen) atoms. The van der Waals surface area contributed by atoms with Crippen LogP contribution < -0.4 is 16.8 Å². The summed E-state index contributed by atoms with van der Waals surface area (Å²) in [5.74, 6) is -0.586. The molecule has 0 aliphatic heterocycles. The number of rotatable bonds is 4. The summed E-state index contributed by atoms with van der Waals surface area (Å²) in [6, 6.07) is 8.88. The van der Waals surface area contributed by atoms with Crippen LogP contribution in [0.2, 0.25) is 0 Å². The van der Waals surface area contributed by atoms with Crippen molar-refractivity contribution >= 4 is 39.8 Å². The molecule has 3 rings (SSSR count). The van der Waals surface area contributed by atoms with E-state index in [4.69, 9.17) is 16.6 Å². The smallest absolute Gasteiger partial charge is 0.404 e. The molecule has 1 unspecified atom stereocenters. The SMILES string of the molecule is CC(Cn1c2ccccc2c2cc(C(N)=O)c(N)nc21)NC(=O)O. The zero-order chi connectivity index (χ0) is 17.4. The normalized spacial score (nSPS) is 12.4. The van der Waals surface area contributed by atoms with E-state index in [0.29, 0.717) is 12.2 Å². The molecule has 0 saturated heterocycles. The molecule has 0 saturated carbocycles. The van der Waals surface area contributed by atoms with E-state index in [1.54, 1.807) is 13.0 Å². The lowest BCUT2D eigenvalue weighted by Crippen LogP contribution is -2.34. The average Bonchev–Trinajstić information content (AvgIpc) is 2.79. The minimum absolute atomic E-state index is 0.0536. The van der Waals surface area contributed by atoms with Gasteiger partial charge in [0.05, 0.1) is 11.1 Å². The Morgan fingerprint density at radius 3 is 2.71 bits per heavy atom. The number of carbonyl (C=O) groups excluding carboxylic acids is 1. The molecule has 0 fully saturated rings. The van der Waals surface area contributed by atoms with Gasteiger partial charge in [0.2, 0.25) is 0 Å². The fourth-order valence-electron chi connectivity index (χ4n) is 2.88. The molecule has 8 heteroatoms. The number of carboxylic acid groups (broad SMARTS) is 1. The maximum atomic E-state index is 11.5. The van der Waals surface area contributed by atoms with E-state index < -0.39 is 12.0 Å². The van der Waals surface area contributed by atoms with Crippen LogP contribution >= 0.6 is 0 Å². The topological polar surface area (TPSA) is 136 Å². The van der Waals surface area contributed by atoms with E-state index in [1.807, 2.05) is 28.8 Å². The number of nitrogens with one attached hydrogen (secondary N) is 1. The minimum atomic E-state index is -1.09. The Labute approximate surface area is 137 Å². The maximum absolute atomic E-state index is 11.5. The summed E-state index contributed by atoms with van der Waals surface area (Å²) in [5.41, 5.74) is 12.8. The first-order valence-corrected chi connectivity index (χ1v) is 7.35. The standard InChI is InChI=1S/C16H17N5O3/c1-8(19-16(23)24)7-21-12-5-3-2-4-9(12)10-6-11(14(18)22)13(17)20-15(10)21/h2-6,8,19H,7H2,1H3,(H2,17,20)(H2,18,22)(H,23,24). The van der Waals surface area contributed by atoms with Crippen molar-refractivity contribution in [2.45, 2.75) is 19.5 Å². The molecule has 0 aliphatic carbocycles. The van der Waals surface area contributed by atoms with Gasteiger partial charge in [0.25, 0.3) is 5.91 Å². The molecule has 1 atom stereocenters. The Hall–Kier alpha value is -3.29. The third kappa shape index (κ3) is 2.58. The number of para-hydroxylation sites is 1. The number of pyridine rings is 1. The Morgan fingerprint density at radius 1 is 1.33 bits per heavy atom. The van der Waals surface area contributed by atoms with Crippen molar-refractivity contribution in [3.8, 4) is 0 Å². The maximum Gasteiger partial charge on any atom is 0.404 e. The van der Waals surface area contributed by atoms with Gasteiger partial charge < -0.3 is 26.5 Å². The van der Waals surface area contributed by atoms with Crippen LogP contribution in [0.4, 0.5) is 10.6 Å². The molecule has 1 aromatic carbocycles. The molecule has 3 aromatic rings. The summed E-state index contributed by atoms with van der Waals surface area (Å²) in [7, 11) is 0. The van der Waals surface area contributed by atoms with Crippen LogP contribution in [0, 0.1) is 0 Å². The van der Waals surface area contributed by atoms with Crippen molar-refractivity contribution in [2.75, 3.05) is 5.73 Å². The Kier molecular flexibility index (Phi) is 3.72. The molecule has 2 amide bonds. The predicted octanol–water partition coefficient (Wildman–Crippen LogP) is 1.53. The van der Waals surface area contributed by atoms with Crippen LogP contribution in [0.5, 0.6) is 0 Å². The highest BCUT2D eigenvalue weighted by molar-refractivity contribution is 6.10. The first kappa shape index (κ1) is 15.6. The lowest BCUT2D eigenvalue weighted by molar-refractivity contribution is 0.100. The largest absolute Gasteiger partial charge is 0.465 e. The highest BCUT2D eigenvalue weighted by Crippen LogP contribution is 2.30. The van der Waals surface area contributed by atoms with E-state index in [2.05, 4.69) is 10.3 Å². The van der Waals surface area contributed by atoms with Gasteiger partial charge in [-0.15, -0.1) is 0 Å². The summed E-state index contributed by atoms with van der Waals surface area (Å²) >= 11 is 0. The predicted molar refractivity (Wildman–Crippen MR) is 90.8 cm³/mol. The van der Waals surface area contributed by atoms with Gasteiger partial charge in [-0.05, 0) is 19.1 Å². The summed E-state index contributed by atoms with van der Waals surface area (Å²) < 4.78 is 1.88. The van der Waals surface area contributed by atoms with Crippen LogP contribution in [-0.2, 0) is 6.54 Å². The average molecular weight is 327 g/mol. The Morgan fingerprint density at radius 2 is 2.04 bits per heavy atom. The highest BCUT2D eigenvalue weighted by Gasteiger charge is 2.18. The number of aromatic nitrogens is 2. The molecule has 6 N–H and O–H groups in total. The van der Waals surface area contributed by atoms with Gasteiger partial charge in [-0.25, -0.2) is 9.78 Å². The van der Waals surface area contributed by atoms with Gasteiger partial charge in [-0.2, -0.15) is 0 Å². The highest BCUT2D eigenvalue weighted by atomic mass is 16.4. The van der Waals surface area contributed by atoms with E-state index >= 15 is 0 Å². The number of amides is 2. The number of anilines is 1. The summed E-state index contributed by atoms with van der Waals surface area (Å²) in [6.07, 6.45) is -1.09. The first-order chi connectivity index (χ1) is 11.4. The van der Waals surface area contributed by atoms with Gasteiger partial charge in [0.15, 0.2) is 0 Å². The molecule has 2 aromatic heterocycles. The molecule has 0 bridgehead atoms. The molecule has 0 spiro atoms. The summed E-state index contributed by atoms with van der Waals surface area (Å²) in [6.45, 7) is 2.13. The molecule has 124 valence electrons. The Balaban J connectivity index is 2.24. The van der Waals surface area contributed by atoms with Gasteiger partial charge in [-0.3, -0.25) is 4.79 Å². The van der Waals surface area contributed by atoms with E-state index in [-0.39, 0.29) is 17.4 Å². The Bertz CT molecular complexity index is 963. The molecule has 0 radical (unpaired) electrons. The van der Waals surface area contributed by atoms with Crippen molar-refractivity contribution in [1.29, 1.82) is 0 Å². The van der Waals surface area contributed by atoms with Crippen molar-refractivity contribution in [3.63, 3.8) is 0 Å². The fraction of sp³-hybridized carbons (Fsp3) is 0.188. The van der Waals surface area contributed by atoms with Gasteiger partial charge in [0.1, 0.15) is 11.5 Å². The van der Waals surface area contributed by atoms with Crippen LogP contribution in [0.25, 0.3) is 21.9 Å². The number of nitrogens with two attached hydrogens (primary N) is 2. The van der Waals surface area contributed by atoms with E-state index in [1.165, 1.54) is 0 Å². The number of nitrogen functional groups attached to an aromatic ring is 1. The second-order valence-electron chi connectivity index (χ2n) is 5.63. The lowest BCUT2D eigenvalue weighted by Gasteiger charge is -2.14. The molecule has 8 nitrogen and oxygen atoms in total. The number of benzene rings is 1. The third-order valence-corrected chi connectivity index (χ3v) is 3.86. The quantitative estimate of drug-likeness (QED) is 0.576. The molecule has 0 aliphatic rings. The van der Waals surface area contributed by atoms with E-state index in [0.717, 1.165) is 16.3 Å². The molecular formula is C16H17N5O3. The number of hydrogen-bond donors (Lipinski definition) is 4. The van der Waals surface area contributed by atoms with Crippen LogP contribution in [0.1, 0.15) is 17.3 Å². The number of nitrogens with zero attached hydrogens (tertiary/aromatic N) is 2. The summed E-state index contributed by atoms with van der Waals surface area (Å²) in [5, 5.41) is 12.9. The van der Waals surface area contributed by atoms with Gasteiger partial charge in [0, 0.05) is 23.4 Å². The second-order valence-corrected chi connectivity index (χ2v) is 5.63. The number of carbonyl (C=O) groups is 2. The van der Waals surface area contributed by atoms with Crippen molar-refractivity contribution in [1.82, 2.24) is 14.9 Å². The van der Waals surface area contributed by atoms with Crippen LogP contribution in [0.15, 0.2) is 30.3 Å². The van der Waals surface area contributed by atoms with Crippen LogP contribution in [-0.4, -0.2) is 32.7 Å². The molecule has 2 heterocycles. The zero-order valence-corrected chi connectivity index (χ0v) is 13.0. The lowest BCUT2D eigenvalue weighted by atomic mass is 10.1. The summed E-state index contributed by atoms with van der Waals surface area (Å²) in [4.78, 5) is 26.7. The monoisotopic (exact) mass is 327 g/mol. The van der Waals surface area contributed by atoms with Crippen molar-refractivity contribution in [3.05, 3.63) is 35.9 Å². The van der Waals surface area contributed by atoms with Gasteiger partial charge >= 0.3 is 6.09 Å². The van der Waals surface area contributed by atoms with Gasteiger partial charge in [-0.1, -0.05) is 18.2 Å². The zero-order valence-electron chi connectivity index (χ0n) is 13.0. The fourth-order valence-corrected chi connectivity index (χ4v) is 2.88. The first-order valence-electron chi connectivity index (χ1n) is 7.35. The van der Waals surface area contributed by atoms with Crippen molar-refractivity contribution < 1.29 is 14.7 Å². The van der Waals surface area contributed by atoms with E-state index in [9.17, 15) is 9.59 Å². The van der Waals surface area contributed by atoms with Crippen LogP contribution in [0.3, 0.4) is 0 Å². The minimum Gasteiger partial charge on any atom is -0.465 e. The second kappa shape index (κ2) is 5.73. The van der Waals surface area contributed by atoms with Crippen molar-refractivity contribution in [2.24, 2.45) is 5.73 Å². The molecular weight excluding hydrogens is 310 g/mol. The number of fused-ring (bicyclic) bond motifs is 3. The number of hydrogen-bond acceptors (Lipinski definition) is 4. The third-order valence-electron chi connectivity index (χ3n) is 3.86.